The molecular weight excluding hydrogens is 284 g/mol. The summed E-state index contributed by atoms with van der Waals surface area (Å²) in [4.78, 5) is 12.4. The Balaban J connectivity index is 0.00000156. The van der Waals surface area contributed by atoms with E-state index in [9.17, 15) is 9.90 Å². The minimum atomic E-state index is -0.509. The molecule has 4 aliphatic carbocycles. The van der Waals surface area contributed by atoms with Gasteiger partial charge < -0.3 is 5.11 Å². The van der Waals surface area contributed by atoms with E-state index in [1.54, 1.807) is 0 Å². The van der Waals surface area contributed by atoms with Crippen LogP contribution in [0.5, 0.6) is 0 Å². The van der Waals surface area contributed by atoms with Crippen LogP contribution < -0.4 is 0 Å². The fourth-order valence-electron chi connectivity index (χ4n) is 6.58. The van der Waals surface area contributed by atoms with Crippen molar-refractivity contribution in [2.45, 2.75) is 85.2 Å². The highest BCUT2D eigenvalue weighted by atomic mass is 16.3. The molecule has 0 aliphatic heterocycles. The Kier molecular flexibility index (Phi) is 3.87. The van der Waals surface area contributed by atoms with Crippen LogP contribution in [0.25, 0.3) is 0 Å². The maximum atomic E-state index is 12.4. The molecule has 0 amide bonds. The predicted octanol–water partition coefficient (Wildman–Crippen LogP) is 4.91. The highest BCUT2D eigenvalue weighted by molar-refractivity contribution is 5.87. The molecule has 3 saturated carbocycles. The van der Waals surface area contributed by atoms with E-state index in [0.29, 0.717) is 17.6 Å². The number of hydrogen-bond donors (Lipinski definition) is 1. The zero-order valence-electron chi connectivity index (χ0n) is 14.3. The zero-order valence-corrected chi connectivity index (χ0v) is 14.3. The topological polar surface area (TPSA) is 37.3 Å². The fourth-order valence-corrected chi connectivity index (χ4v) is 6.58. The van der Waals surface area contributed by atoms with Crippen molar-refractivity contribution in [1.82, 2.24) is 0 Å². The summed E-state index contributed by atoms with van der Waals surface area (Å²) in [5.41, 5.74) is 1.25. The first-order valence-corrected chi connectivity index (χ1v) is 9.21. The Morgan fingerprint density at radius 1 is 1.04 bits per heavy atom. The first-order valence-electron chi connectivity index (χ1n) is 9.21. The van der Waals surface area contributed by atoms with Gasteiger partial charge in [-0.05, 0) is 75.0 Å². The molecule has 0 bridgehead atoms. The van der Waals surface area contributed by atoms with Crippen LogP contribution in [0, 0.1) is 28.6 Å². The van der Waals surface area contributed by atoms with Gasteiger partial charge in [-0.1, -0.05) is 32.9 Å². The number of ketones is 1. The van der Waals surface area contributed by atoms with Gasteiger partial charge in [-0.15, -0.1) is 0 Å². The Bertz CT molecular complexity index is 546. The quantitative estimate of drug-likeness (QED) is 0.645. The molecule has 2 nitrogen and oxygen atoms in total. The summed E-state index contributed by atoms with van der Waals surface area (Å²) in [5.74, 6) is 2.56. The summed E-state index contributed by atoms with van der Waals surface area (Å²) in [6.07, 6.45) is 10.7. The third-order valence-electron chi connectivity index (χ3n) is 8.09. The molecular formula is C21H34O2. The van der Waals surface area contributed by atoms with E-state index in [2.05, 4.69) is 19.9 Å². The van der Waals surface area contributed by atoms with Gasteiger partial charge in [0, 0.05) is 11.8 Å². The Morgan fingerprint density at radius 3 is 2.48 bits per heavy atom. The summed E-state index contributed by atoms with van der Waals surface area (Å²) < 4.78 is 0. The fraction of sp³-hybridized carbons (Fsp3) is 0.857. The van der Waals surface area contributed by atoms with Crippen molar-refractivity contribution in [2.75, 3.05) is 0 Å². The van der Waals surface area contributed by atoms with Crippen molar-refractivity contribution in [3.05, 3.63) is 11.6 Å². The van der Waals surface area contributed by atoms with Crippen LogP contribution in [0.2, 0.25) is 0 Å². The molecule has 0 aromatic carbocycles. The molecule has 2 heteroatoms. The molecule has 130 valence electrons. The third kappa shape index (κ3) is 2.27. The molecule has 4 aliphatic rings. The van der Waals surface area contributed by atoms with Crippen LogP contribution in [-0.2, 0) is 4.79 Å². The molecule has 3 fully saturated rings. The largest absolute Gasteiger partial charge is 0.390 e. The SMILES string of the molecule is C.CC12CC[C@](C)(O)CC1=CC[C@@H]1C2CC[C@]2(C)C(=O)CCC12. The lowest BCUT2D eigenvalue weighted by atomic mass is 9.47. The minimum absolute atomic E-state index is 0. The summed E-state index contributed by atoms with van der Waals surface area (Å²) in [7, 11) is 0. The number of hydrogen-bond acceptors (Lipinski definition) is 2. The van der Waals surface area contributed by atoms with E-state index in [0.717, 1.165) is 50.9 Å². The molecule has 3 unspecified atom stereocenters. The number of aliphatic hydroxyl groups is 1. The van der Waals surface area contributed by atoms with E-state index in [-0.39, 0.29) is 18.3 Å². The molecule has 23 heavy (non-hydrogen) atoms. The van der Waals surface area contributed by atoms with Gasteiger partial charge in [0.1, 0.15) is 5.78 Å². The molecule has 4 rings (SSSR count). The third-order valence-corrected chi connectivity index (χ3v) is 8.09. The second-order valence-electron chi connectivity index (χ2n) is 9.35. The van der Waals surface area contributed by atoms with Crippen molar-refractivity contribution < 1.29 is 9.90 Å². The molecule has 0 heterocycles. The smallest absolute Gasteiger partial charge is 0.139 e. The van der Waals surface area contributed by atoms with E-state index >= 15 is 0 Å². The van der Waals surface area contributed by atoms with Gasteiger partial charge in [0.25, 0.3) is 0 Å². The van der Waals surface area contributed by atoms with E-state index in [1.807, 2.05) is 6.92 Å². The Hall–Kier alpha value is -0.630. The van der Waals surface area contributed by atoms with E-state index in [1.165, 1.54) is 12.0 Å². The standard InChI is InChI=1S/C20H30O2.CH4/c1-18(22)10-11-19(2)13(12-18)4-5-14-15-6-7-17(21)20(15,3)9-8-16(14)19;/h4,14-16,22H,5-12H2,1-3H3;1H4/t14-,15?,16?,18-,19?,20-;/m0./s1. The van der Waals surface area contributed by atoms with Crippen molar-refractivity contribution in [1.29, 1.82) is 0 Å². The second-order valence-corrected chi connectivity index (χ2v) is 9.35. The Labute approximate surface area is 141 Å². The van der Waals surface area contributed by atoms with Crippen LogP contribution in [0.3, 0.4) is 0 Å². The van der Waals surface area contributed by atoms with Crippen LogP contribution in [0.1, 0.15) is 79.6 Å². The molecule has 6 atom stereocenters. The van der Waals surface area contributed by atoms with Gasteiger partial charge in [-0.25, -0.2) is 0 Å². The lowest BCUT2D eigenvalue weighted by molar-refractivity contribution is -0.132. The normalized spacial score (nSPS) is 51.9. The maximum absolute atomic E-state index is 12.4. The molecule has 0 radical (unpaired) electrons. The van der Waals surface area contributed by atoms with E-state index < -0.39 is 5.60 Å². The molecule has 0 spiro atoms. The van der Waals surface area contributed by atoms with Crippen LogP contribution in [0.4, 0.5) is 0 Å². The highest BCUT2D eigenvalue weighted by Crippen LogP contribution is 2.64. The summed E-state index contributed by atoms with van der Waals surface area (Å²) in [6.45, 7) is 6.69. The number of fused-ring (bicyclic) bond motifs is 5. The van der Waals surface area contributed by atoms with E-state index in [4.69, 9.17) is 0 Å². The molecule has 0 aromatic rings. The van der Waals surface area contributed by atoms with Gasteiger partial charge in [-0.3, -0.25) is 4.79 Å². The molecule has 1 N–H and O–H groups in total. The first-order chi connectivity index (χ1) is 10.3. The lowest BCUT2D eigenvalue weighted by Crippen LogP contribution is -2.51. The summed E-state index contributed by atoms with van der Waals surface area (Å²) >= 11 is 0. The van der Waals surface area contributed by atoms with Crippen molar-refractivity contribution in [2.24, 2.45) is 28.6 Å². The van der Waals surface area contributed by atoms with Crippen molar-refractivity contribution in [3.63, 3.8) is 0 Å². The van der Waals surface area contributed by atoms with Gasteiger partial charge in [0.15, 0.2) is 0 Å². The lowest BCUT2D eigenvalue weighted by Gasteiger charge is -2.57. The van der Waals surface area contributed by atoms with Crippen LogP contribution in [0.15, 0.2) is 11.6 Å². The Morgan fingerprint density at radius 2 is 1.74 bits per heavy atom. The van der Waals surface area contributed by atoms with Gasteiger partial charge in [-0.2, -0.15) is 0 Å². The number of Topliss-reactive ketones (excluding diaryl/α,β-unsaturated/α-hetero) is 1. The summed E-state index contributed by atoms with van der Waals surface area (Å²) in [6, 6.07) is 0. The number of carbonyl (C=O) groups excluding carboxylic acids is 1. The second kappa shape index (κ2) is 5.18. The van der Waals surface area contributed by atoms with Crippen LogP contribution >= 0.6 is 0 Å². The number of rotatable bonds is 0. The van der Waals surface area contributed by atoms with Crippen molar-refractivity contribution in [3.8, 4) is 0 Å². The van der Waals surface area contributed by atoms with Gasteiger partial charge >= 0.3 is 0 Å². The highest BCUT2D eigenvalue weighted by Gasteiger charge is 2.59. The maximum Gasteiger partial charge on any atom is 0.139 e. The average molecular weight is 319 g/mol. The zero-order chi connectivity index (χ0) is 15.8. The van der Waals surface area contributed by atoms with Crippen LogP contribution in [-0.4, -0.2) is 16.5 Å². The monoisotopic (exact) mass is 318 g/mol. The number of allylic oxidation sites excluding steroid dienone is 1. The summed E-state index contributed by atoms with van der Waals surface area (Å²) in [5, 5.41) is 10.5. The van der Waals surface area contributed by atoms with Gasteiger partial charge in [0.05, 0.1) is 5.60 Å². The minimum Gasteiger partial charge on any atom is -0.390 e. The van der Waals surface area contributed by atoms with Crippen molar-refractivity contribution >= 4 is 5.78 Å². The first kappa shape index (κ1) is 17.2. The molecule has 0 saturated heterocycles. The number of carbonyl (C=O) groups is 1. The molecule has 0 aromatic heterocycles. The predicted molar refractivity (Wildman–Crippen MR) is 94.1 cm³/mol. The average Bonchev–Trinajstić information content (AvgIpc) is 2.76. The van der Waals surface area contributed by atoms with Gasteiger partial charge in [0.2, 0.25) is 0 Å².